The molecule has 0 saturated heterocycles. The van der Waals surface area contributed by atoms with Gasteiger partial charge in [-0.15, -0.1) is 0 Å². The molecular weight excluding hydrogens is 417 g/mol. The molecule has 0 aliphatic heterocycles. The Kier molecular flexibility index (Phi) is 7.37. The molecule has 0 nitrogen and oxygen atoms in total. The summed E-state index contributed by atoms with van der Waals surface area (Å²) in [5.41, 5.74) is 3.70. The molecule has 0 N–H and O–H groups in total. The Hall–Kier alpha value is -2.81. The third-order valence-electron chi connectivity index (χ3n) is 6.89. The van der Waals surface area contributed by atoms with Gasteiger partial charge in [0.1, 0.15) is 5.82 Å². The highest BCUT2D eigenvalue weighted by Crippen LogP contribution is 2.38. The van der Waals surface area contributed by atoms with Crippen molar-refractivity contribution in [1.29, 1.82) is 0 Å². The van der Waals surface area contributed by atoms with Gasteiger partial charge in [-0.1, -0.05) is 74.0 Å². The first kappa shape index (κ1) is 23.4. The highest BCUT2D eigenvalue weighted by atomic mass is 19.2. The van der Waals surface area contributed by atoms with Crippen molar-refractivity contribution in [1.82, 2.24) is 0 Å². The molecule has 0 heterocycles. The van der Waals surface area contributed by atoms with E-state index in [4.69, 9.17) is 0 Å². The van der Waals surface area contributed by atoms with Crippen LogP contribution in [0.1, 0.15) is 63.0 Å². The van der Waals surface area contributed by atoms with Crippen molar-refractivity contribution in [3.63, 3.8) is 0 Å². The van der Waals surface area contributed by atoms with Gasteiger partial charge in [-0.2, -0.15) is 0 Å². The minimum Gasteiger partial charge on any atom is -0.207 e. The SMILES string of the molecule is C/C=C/C1CCC(c2ccc(-c3ccc(-c4ccc(CCC)c(F)c4F)cc3)cc2F)CC1. The average Bonchev–Trinajstić information content (AvgIpc) is 2.83. The summed E-state index contributed by atoms with van der Waals surface area (Å²) < 4.78 is 44.0. The second-order valence-electron chi connectivity index (χ2n) is 9.10. The van der Waals surface area contributed by atoms with Crippen LogP contribution in [0, 0.1) is 23.4 Å². The lowest BCUT2D eigenvalue weighted by Crippen LogP contribution is -2.12. The van der Waals surface area contributed by atoms with E-state index in [2.05, 4.69) is 19.1 Å². The molecule has 3 aromatic rings. The zero-order chi connectivity index (χ0) is 23.4. The smallest absolute Gasteiger partial charge is 0.166 e. The number of benzene rings is 3. The molecule has 1 saturated carbocycles. The van der Waals surface area contributed by atoms with Gasteiger partial charge in [0, 0.05) is 5.56 Å². The molecule has 0 unspecified atom stereocenters. The minimum absolute atomic E-state index is 0.161. The van der Waals surface area contributed by atoms with E-state index >= 15 is 4.39 Å². The topological polar surface area (TPSA) is 0 Å². The van der Waals surface area contributed by atoms with E-state index in [1.807, 2.05) is 31.2 Å². The van der Waals surface area contributed by atoms with Crippen molar-refractivity contribution in [2.45, 2.75) is 58.3 Å². The first-order chi connectivity index (χ1) is 16.0. The summed E-state index contributed by atoms with van der Waals surface area (Å²) in [4.78, 5) is 0. The molecule has 3 aromatic carbocycles. The zero-order valence-corrected chi connectivity index (χ0v) is 19.4. The predicted molar refractivity (Wildman–Crippen MR) is 131 cm³/mol. The van der Waals surface area contributed by atoms with E-state index in [-0.39, 0.29) is 17.3 Å². The molecule has 0 aromatic heterocycles. The van der Waals surface area contributed by atoms with E-state index < -0.39 is 11.6 Å². The molecule has 172 valence electrons. The van der Waals surface area contributed by atoms with Crippen molar-refractivity contribution in [3.8, 4) is 22.3 Å². The highest BCUT2D eigenvalue weighted by Gasteiger charge is 2.23. The second kappa shape index (κ2) is 10.4. The van der Waals surface area contributed by atoms with Crippen LogP contribution in [0.2, 0.25) is 0 Å². The molecule has 0 atom stereocenters. The minimum atomic E-state index is -0.812. The fourth-order valence-corrected chi connectivity index (χ4v) is 5.05. The van der Waals surface area contributed by atoms with Crippen LogP contribution in [0.25, 0.3) is 22.3 Å². The van der Waals surface area contributed by atoms with Gasteiger partial charge in [-0.25, -0.2) is 13.2 Å². The summed E-state index contributed by atoms with van der Waals surface area (Å²) >= 11 is 0. The highest BCUT2D eigenvalue weighted by molar-refractivity contribution is 5.71. The normalized spacial score (nSPS) is 18.7. The Bertz CT molecular complexity index is 1120. The quantitative estimate of drug-likeness (QED) is 0.330. The third kappa shape index (κ3) is 5.08. The number of hydrogen-bond donors (Lipinski definition) is 0. The lowest BCUT2D eigenvalue weighted by molar-refractivity contribution is 0.368. The largest absolute Gasteiger partial charge is 0.207 e. The van der Waals surface area contributed by atoms with Crippen molar-refractivity contribution in [2.24, 2.45) is 5.92 Å². The van der Waals surface area contributed by atoms with Crippen molar-refractivity contribution < 1.29 is 13.2 Å². The van der Waals surface area contributed by atoms with E-state index in [0.29, 0.717) is 23.5 Å². The van der Waals surface area contributed by atoms with Gasteiger partial charge in [-0.05, 0) is 84.7 Å². The molecule has 1 aliphatic carbocycles. The van der Waals surface area contributed by atoms with Crippen molar-refractivity contribution >= 4 is 0 Å². The standard InChI is InChI=1S/C30H31F3/c1-3-5-20-7-9-22(10-8-20)26-17-16-25(19-28(26)31)21-11-13-23(14-12-21)27-18-15-24(6-4-2)29(32)30(27)33/h3,5,11-20,22H,4,6-10H2,1-2H3/b5-3+. The van der Waals surface area contributed by atoms with Gasteiger partial charge in [0.15, 0.2) is 11.6 Å². The fraction of sp³-hybridized carbons (Fsp3) is 0.333. The van der Waals surface area contributed by atoms with Crippen LogP contribution >= 0.6 is 0 Å². The number of aryl methyl sites for hydroxylation is 1. The Labute approximate surface area is 195 Å². The molecule has 1 aliphatic rings. The molecule has 1 fully saturated rings. The van der Waals surface area contributed by atoms with Crippen LogP contribution in [0.5, 0.6) is 0 Å². The number of halogens is 3. The second-order valence-corrected chi connectivity index (χ2v) is 9.10. The van der Waals surface area contributed by atoms with E-state index in [1.54, 1.807) is 30.3 Å². The van der Waals surface area contributed by atoms with Crippen LogP contribution in [0.15, 0.2) is 66.7 Å². The molecule has 3 heteroatoms. The van der Waals surface area contributed by atoms with E-state index in [0.717, 1.165) is 48.8 Å². The van der Waals surface area contributed by atoms with Crippen LogP contribution in [0.4, 0.5) is 13.2 Å². The molecule has 0 amide bonds. The Morgan fingerprint density at radius 3 is 2.09 bits per heavy atom. The molecule has 33 heavy (non-hydrogen) atoms. The van der Waals surface area contributed by atoms with Crippen molar-refractivity contribution in [2.75, 3.05) is 0 Å². The predicted octanol–water partition coefficient (Wildman–Crippen LogP) is 9.24. The Morgan fingerprint density at radius 2 is 1.45 bits per heavy atom. The van der Waals surface area contributed by atoms with Gasteiger partial charge in [0.2, 0.25) is 0 Å². The van der Waals surface area contributed by atoms with Gasteiger partial charge in [0.25, 0.3) is 0 Å². The summed E-state index contributed by atoms with van der Waals surface area (Å²) in [6.07, 6.45) is 9.88. The summed E-state index contributed by atoms with van der Waals surface area (Å²) in [6.45, 7) is 3.99. The first-order valence-corrected chi connectivity index (χ1v) is 12.0. The maximum Gasteiger partial charge on any atom is 0.166 e. The van der Waals surface area contributed by atoms with Gasteiger partial charge < -0.3 is 0 Å². The van der Waals surface area contributed by atoms with Gasteiger partial charge in [-0.3, -0.25) is 0 Å². The lowest BCUT2D eigenvalue weighted by Gasteiger charge is -2.27. The fourth-order valence-electron chi connectivity index (χ4n) is 5.05. The molecule has 0 radical (unpaired) electrons. The summed E-state index contributed by atoms with van der Waals surface area (Å²) in [5, 5.41) is 0. The third-order valence-corrected chi connectivity index (χ3v) is 6.89. The maximum atomic E-state index is 15.0. The number of allylic oxidation sites excluding steroid dienone is 2. The van der Waals surface area contributed by atoms with Crippen molar-refractivity contribution in [3.05, 3.63) is 95.3 Å². The summed E-state index contributed by atoms with van der Waals surface area (Å²) in [7, 11) is 0. The van der Waals surface area contributed by atoms with E-state index in [1.165, 1.54) is 0 Å². The van der Waals surface area contributed by atoms with Gasteiger partial charge >= 0.3 is 0 Å². The number of rotatable bonds is 6. The van der Waals surface area contributed by atoms with Crippen LogP contribution in [-0.2, 0) is 6.42 Å². The average molecular weight is 449 g/mol. The first-order valence-electron chi connectivity index (χ1n) is 12.0. The molecule has 0 bridgehead atoms. The molecule has 0 spiro atoms. The van der Waals surface area contributed by atoms with Gasteiger partial charge in [0.05, 0.1) is 0 Å². The molecule has 4 rings (SSSR count). The summed E-state index contributed by atoms with van der Waals surface area (Å²) in [5.74, 6) is -0.848. The maximum absolute atomic E-state index is 15.0. The van der Waals surface area contributed by atoms with E-state index in [9.17, 15) is 8.78 Å². The zero-order valence-electron chi connectivity index (χ0n) is 19.4. The Balaban J connectivity index is 1.52. The lowest BCUT2D eigenvalue weighted by atomic mass is 9.78. The molecular formula is C30H31F3. The van der Waals surface area contributed by atoms with Crippen LogP contribution in [-0.4, -0.2) is 0 Å². The Morgan fingerprint density at radius 1 is 0.788 bits per heavy atom. The van der Waals surface area contributed by atoms with Crippen LogP contribution in [0.3, 0.4) is 0 Å². The monoisotopic (exact) mass is 448 g/mol. The number of hydrogen-bond acceptors (Lipinski definition) is 0. The summed E-state index contributed by atoms with van der Waals surface area (Å²) in [6, 6.07) is 16.0. The van der Waals surface area contributed by atoms with Crippen LogP contribution < -0.4 is 0 Å².